The molecule has 0 aliphatic carbocycles. The first-order valence-electron chi connectivity index (χ1n) is 12.6. The van der Waals surface area contributed by atoms with Gasteiger partial charge in [-0.15, -0.1) is 0 Å². The van der Waals surface area contributed by atoms with Gasteiger partial charge in [-0.3, -0.25) is 9.59 Å². The van der Waals surface area contributed by atoms with E-state index in [1.807, 2.05) is 0 Å². The molecule has 1 aromatic carbocycles. The first-order chi connectivity index (χ1) is 19.0. The van der Waals surface area contributed by atoms with Gasteiger partial charge in [-0.1, -0.05) is 6.92 Å². The Balaban J connectivity index is 1.21. The highest BCUT2D eigenvalue weighted by Gasteiger charge is 2.13. The summed E-state index contributed by atoms with van der Waals surface area (Å²) in [5.41, 5.74) is 2.00. The fourth-order valence-corrected chi connectivity index (χ4v) is 3.43. The minimum absolute atomic E-state index is 0.231. The summed E-state index contributed by atoms with van der Waals surface area (Å²) in [6.07, 6.45) is 2.49. The fraction of sp³-hybridized carbons (Fsp3) is 0.370. The van der Waals surface area contributed by atoms with Gasteiger partial charge in [-0.25, -0.2) is 14.6 Å². The average Bonchev–Trinajstić information content (AvgIpc) is 3.37. The third-order valence-electron chi connectivity index (χ3n) is 5.38. The van der Waals surface area contributed by atoms with Gasteiger partial charge in [0, 0.05) is 25.4 Å². The maximum atomic E-state index is 12.7. The predicted molar refractivity (Wildman–Crippen MR) is 143 cm³/mol. The topological polar surface area (TPSA) is 140 Å². The molecule has 206 valence electrons. The molecule has 0 spiro atoms. The van der Waals surface area contributed by atoms with E-state index in [1.54, 1.807) is 43.4 Å². The summed E-state index contributed by atoms with van der Waals surface area (Å²) in [5.74, 6) is 0.420. The molecule has 0 fully saturated rings. The zero-order valence-corrected chi connectivity index (χ0v) is 21.9. The number of aryl methyl sites for hydroxylation is 1. The van der Waals surface area contributed by atoms with Crippen LogP contribution in [0, 0.1) is 0 Å². The SMILES string of the molecule is CCCOCCOCCOCCOc1ccc(C(=O)Nc2ccc3oc(-c4ccc(=O)n(C)n4)nc3c2)nc1. The number of oxazole rings is 1. The van der Waals surface area contributed by atoms with Crippen molar-refractivity contribution in [2.24, 2.45) is 7.05 Å². The van der Waals surface area contributed by atoms with Gasteiger partial charge in [-0.05, 0) is 42.8 Å². The van der Waals surface area contributed by atoms with Crippen LogP contribution < -0.4 is 15.6 Å². The Bertz CT molecular complexity index is 1420. The van der Waals surface area contributed by atoms with Crippen molar-refractivity contribution < 1.29 is 28.2 Å². The number of hydrogen-bond donors (Lipinski definition) is 1. The zero-order valence-electron chi connectivity index (χ0n) is 21.9. The van der Waals surface area contributed by atoms with E-state index < -0.39 is 0 Å². The summed E-state index contributed by atoms with van der Waals surface area (Å²) in [6, 6.07) is 11.3. The maximum absolute atomic E-state index is 12.7. The van der Waals surface area contributed by atoms with Crippen molar-refractivity contribution in [2.75, 3.05) is 51.6 Å². The van der Waals surface area contributed by atoms with Crippen LogP contribution >= 0.6 is 0 Å². The number of nitrogens with zero attached hydrogens (tertiary/aromatic N) is 4. The highest BCUT2D eigenvalue weighted by molar-refractivity contribution is 6.03. The molecule has 3 heterocycles. The molecule has 39 heavy (non-hydrogen) atoms. The van der Waals surface area contributed by atoms with E-state index in [0.717, 1.165) is 13.0 Å². The number of benzene rings is 1. The lowest BCUT2D eigenvalue weighted by Crippen LogP contribution is -2.18. The van der Waals surface area contributed by atoms with Gasteiger partial charge < -0.3 is 28.7 Å². The number of nitrogens with one attached hydrogen (secondary N) is 1. The second-order valence-corrected chi connectivity index (χ2v) is 8.40. The summed E-state index contributed by atoms with van der Waals surface area (Å²) in [7, 11) is 1.55. The Morgan fingerprint density at radius 3 is 2.38 bits per heavy atom. The van der Waals surface area contributed by atoms with E-state index in [2.05, 4.69) is 27.3 Å². The van der Waals surface area contributed by atoms with Crippen molar-refractivity contribution in [3.05, 3.63) is 64.7 Å². The number of anilines is 1. The molecule has 0 radical (unpaired) electrons. The Labute approximate surface area is 224 Å². The van der Waals surface area contributed by atoms with Crippen LogP contribution in [0.15, 0.2) is 57.9 Å². The van der Waals surface area contributed by atoms with Crippen LogP contribution in [-0.4, -0.2) is 71.9 Å². The lowest BCUT2D eigenvalue weighted by molar-refractivity contribution is 0.00943. The van der Waals surface area contributed by atoms with E-state index in [0.29, 0.717) is 67.9 Å². The van der Waals surface area contributed by atoms with Crippen molar-refractivity contribution in [3.63, 3.8) is 0 Å². The summed E-state index contributed by atoms with van der Waals surface area (Å²) < 4.78 is 28.8. The van der Waals surface area contributed by atoms with E-state index in [-0.39, 0.29) is 23.1 Å². The largest absolute Gasteiger partial charge is 0.490 e. The van der Waals surface area contributed by atoms with E-state index in [9.17, 15) is 9.59 Å². The third kappa shape index (κ3) is 8.18. The molecule has 0 saturated heterocycles. The minimum atomic E-state index is -0.382. The van der Waals surface area contributed by atoms with Gasteiger partial charge >= 0.3 is 0 Å². The molecule has 0 saturated carbocycles. The first-order valence-corrected chi connectivity index (χ1v) is 12.6. The Morgan fingerprint density at radius 2 is 1.69 bits per heavy atom. The predicted octanol–water partition coefficient (Wildman–Crippen LogP) is 3.07. The van der Waals surface area contributed by atoms with E-state index in [1.165, 1.54) is 16.9 Å². The lowest BCUT2D eigenvalue weighted by atomic mass is 10.2. The summed E-state index contributed by atoms with van der Waals surface area (Å²) in [5, 5.41) is 6.95. The second kappa shape index (κ2) is 14.1. The number of rotatable bonds is 15. The molecule has 0 atom stereocenters. The molecule has 12 nitrogen and oxygen atoms in total. The molecule has 4 rings (SSSR count). The van der Waals surface area contributed by atoms with Gasteiger partial charge in [0.15, 0.2) is 5.58 Å². The summed E-state index contributed by atoms with van der Waals surface area (Å²) >= 11 is 0. The van der Waals surface area contributed by atoms with Crippen molar-refractivity contribution >= 4 is 22.7 Å². The molecular weight excluding hydrogens is 506 g/mol. The van der Waals surface area contributed by atoms with Crippen LogP contribution in [0.3, 0.4) is 0 Å². The maximum Gasteiger partial charge on any atom is 0.274 e. The van der Waals surface area contributed by atoms with Crippen molar-refractivity contribution in [2.45, 2.75) is 13.3 Å². The second-order valence-electron chi connectivity index (χ2n) is 8.40. The highest BCUT2D eigenvalue weighted by Crippen LogP contribution is 2.25. The van der Waals surface area contributed by atoms with Gasteiger partial charge in [0.2, 0.25) is 5.89 Å². The Kier molecular flexibility index (Phi) is 10.1. The summed E-state index contributed by atoms with van der Waals surface area (Å²) in [6.45, 7) is 5.68. The van der Waals surface area contributed by atoms with Crippen LogP contribution in [0.4, 0.5) is 5.69 Å². The fourth-order valence-electron chi connectivity index (χ4n) is 3.43. The summed E-state index contributed by atoms with van der Waals surface area (Å²) in [4.78, 5) is 32.9. The van der Waals surface area contributed by atoms with Crippen LogP contribution in [0.1, 0.15) is 23.8 Å². The molecule has 0 unspecified atom stereocenters. The molecule has 1 N–H and O–H groups in total. The molecule has 0 bridgehead atoms. The van der Waals surface area contributed by atoms with Crippen LogP contribution in [0.25, 0.3) is 22.7 Å². The van der Waals surface area contributed by atoms with Gasteiger partial charge in [0.25, 0.3) is 11.5 Å². The van der Waals surface area contributed by atoms with Crippen LogP contribution in [-0.2, 0) is 21.3 Å². The standard InChI is InChI=1S/C27H31N5O7/c1-3-10-35-11-12-36-13-14-37-15-16-38-20-5-6-21(28-18-20)26(34)29-19-4-8-24-23(17-19)30-27(39-24)22-7-9-25(33)32(2)31-22/h4-9,17-18H,3,10-16H2,1-2H3,(H,29,34). The molecule has 0 aliphatic heterocycles. The van der Waals surface area contributed by atoms with Crippen molar-refractivity contribution in [1.82, 2.24) is 19.7 Å². The first kappa shape index (κ1) is 27.9. The molecule has 3 aromatic heterocycles. The third-order valence-corrected chi connectivity index (χ3v) is 5.38. The number of fused-ring (bicyclic) bond motifs is 1. The van der Waals surface area contributed by atoms with Crippen LogP contribution in [0.5, 0.6) is 5.75 Å². The molecule has 4 aromatic rings. The van der Waals surface area contributed by atoms with Gasteiger partial charge in [0.1, 0.15) is 29.3 Å². The molecule has 12 heteroatoms. The Hall–Kier alpha value is -4.13. The lowest BCUT2D eigenvalue weighted by Gasteiger charge is -2.08. The molecular formula is C27H31N5O7. The average molecular weight is 538 g/mol. The quantitative estimate of drug-likeness (QED) is 0.225. The zero-order chi connectivity index (χ0) is 27.5. The van der Waals surface area contributed by atoms with Crippen molar-refractivity contribution in [3.8, 4) is 17.3 Å². The molecule has 1 amide bonds. The number of aromatic nitrogens is 4. The van der Waals surface area contributed by atoms with Crippen LogP contribution in [0.2, 0.25) is 0 Å². The highest BCUT2D eigenvalue weighted by atomic mass is 16.6. The smallest absolute Gasteiger partial charge is 0.274 e. The number of hydrogen-bond acceptors (Lipinski definition) is 10. The van der Waals surface area contributed by atoms with Crippen molar-refractivity contribution in [1.29, 1.82) is 0 Å². The number of pyridine rings is 1. The van der Waals surface area contributed by atoms with E-state index >= 15 is 0 Å². The van der Waals surface area contributed by atoms with Gasteiger partial charge in [-0.2, -0.15) is 5.10 Å². The van der Waals surface area contributed by atoms with E-state index in [4.69, 9.17) is 23.4 Å². The monoisotopic (exact) mass is 537 g/mol. The van der Waals surface area contributed by atoms with Gasteiger partial charge in [0.05, 0.1) is 39.2 Å². The number of carbonyl (C=O) groups excluding carboxylic acids is 1. The number of ether oxygens (including phenoxy) is 4. The molecule has 0 aliphatic rings. The normalized spacial score (nSPS) is 11.1. The number of carbonyl (C=O) groups is 1. The number of amides is 1. The minimum Gasteiger partial charge on any atom is -0.490 e. The Morgan fingerprint density at radius 1 is 0.949 bits per heavy atom.